The molecule has 0 aliphatic carbocycles. The minimum absolute atomic E-state index is 0.162. The van der Waals surface area contributed by atoms with Gasteiger partial charge < -0.3 is 9.47 Å². The van der Waals surface area contributed by atoms with Crippen molar-refractivity contribution in [3.8, 4) is 11.5 Å². The van der Waals surface area contributed by atoms with Crippen LogP contribution in [0.5, 0.6) is 11.5 Å². The Kier molecular flexibility index (Phi) is 13.6. The van der Waals surface area contributed by atoms with Gasteiger partial charge in [0.05, 0.1) is 18.6 Å². The van der Waals surface area contributed by atoms with E-state index >= 15 is 0 Å². The summed E-state index contributed by atoms with van der Waals surface area (Å²) >= 11 is 37.5. The first-order valence-corrected chi connectivity index (χ1v) is 20.7. The molecule has 220 valence electrons. The van der Waals surface area contributed by atoms with Crippen LogP contribution in [0.3, 0.4) is 0 Å². The van der Waals surface area contributed by atoms with Gasteiger partial charge in [-0.15, -0.1) is 0 Å². The molecule has 0 aliphatic heterocycles. The van der Waals surface area contributed by atoms with Crippen molar-refractivity contribution in [2.75, 3.05) is 13.2 Å². The monoisotopic (exact) mass is 1190 g/mol. The molecule has 0 aliphatic rings. The second kappa shape index (κ2) is 15.6. The third kappa shape index (κ3) is 8.21. The first kappa shape index (κ1) is 35.7. The van der Waals surface area contributed by atoms with Crippen molar-refractivity contribution in [2.24, 2.45) is 0 Å². The first-order valence-electron chi connectivity index (χ1n) is 12.3. The SMILES string of the molecule is CC(Br)C(Br)COc1c(Br)cc(Br)c2c(Cc3ccc(Br)c4c(OCC(Br)C(C)Br)c(Br)cc(Br)c34)ccc(Br)c12. The normalized spacial score (nSPS) is 14.7. The Morgan fingerprint density at radius 1 is 0.512 bits per heavy atom. The van der Waals surface area contributed by atoms with Crippen LogP contribution in [0.4, 0.5) is 0 Å². The third-order valence-corrected chi connectivity index (χ3v) is 15.1. The first-order chi connectivity index (χ1) is 19.3. The zero-order valence-corrected chi connectivity index (χ0v) is 37.4. The van der Waals surface area contributed by atoms with Gasteiger partial charge in [0.15, 0.2) is 0 Å². The third-order valence-electron chi connectivity index (χ3n) is 6.51. The standard InChI is InChI=1S/C29H22Br10O2/c1-12(30)22(38)10-40-28-20(36)8-18(34)24-14(3-5-16(32)26(24)28)7-15-4-6-17(33)27-25(15)19(35)9-21(37)29(27)41-11-23(39)13(2)31/h3-6,8-9,12-13,22-23H,7,10-11H2,1-2H3. The molecule has 0 radical (unpaired) electrons. The smallest absolute Gasteiger partial charge is 0.142 e. The maximum atomic E-state index is 6.39. The highest BCUT2D eigenvalue weighted by Gasteiger charge is 2.22. The quantitative estimate of drug-likeness (QED) is 0.147. The number of hydrogen-bond acceptors (Lipinski definition) is 2. The number of ether oxygens (including phenoxy) is 2. The Bertz CT molecular complexity index is 1470. The van der Waals surface area contributed by atoms with Crippen LogP contribution in [0.15, 0.2) is 63.2 Å². The average Bonchev–Trinajstić information content (AvgIpc) is 2.90. The molecule has 4 unspecified atom stereocenters. The number of benzene rings is 4. The summed E-state index contributed by atoms with van der Waals surface area (Å²) in [7, 11) is 0. The van der Waals surface area contributed by atoms with Gasteiger partial charge in [-0.25, -0.2) is 0 Å². The Hall–Kier alpha value is 1.80. The van der Waals surface area contributed by atoms with Gasteiger partial charge in [-0.2, -0.15) is 0 Å². The van der Waals surface area contributed by atoms with E-state index in [9.17, 15) is 0 Å². The highest BCUT2D eigenvalue weighted by molar-refractivity contribution is 9.13. The predicted octanol–water partition coefficient (Wildman–Crippen LogP) is 14.0. The van der Waals surface area contributed by atoms with E-state index in [1.807, 2.05) is 0 Å². The molecule has 41 heavy (non-hydrogen) atoms. The van der Waals surface area contributed by atoms with E-state index in [2.05, 4.69) is 210 Å². The molecule has 0 N–H and O–H groups in total. The van der Waals surface area contributed by atoms with E-state index in [1.54, 1.807) is 0 Å². The van der Waals surface area contributed by atoms with Gasteiger partial charge in [0.25, 0.3) is 0 Å². The van der Waals surface area contributed by atoms with E-state index in [0.717, 1.165) is 59.9 Å². The number of fused-ring (bicyclic) bond motifs is 2. The van der Waals surface area contributed by atoms with Crippen molar-refractivity contribution in [1.29, 1.82) is 0 Å². The van der Waals surface area contributed by atoms with Crippen LogP contribution in [0.1, 0.15) is 25.0 Å². The van der Waals surface area contributed by atoms with E-state index in [0.29, 0.717) is 19.6 Å². The molecule has 0 aromatic heterocycles. The molecule has 4 atom stereocenters. The minimum atomic E-state index is 0.162. The van der Waals surface area contributed by atoms with E-state index in [-0.39, 0.29) is 19.3 Å². The number of hydrogen-bond donors (Lipinski definition) is 0. The van der Waals surface area contributed by atoms with Crippen molar-refractivity contribution in [1.82, 2.24) is 0 Å². The lowest BCUT2D eigenvalue weighted by Crippen LogP contribution is -2.19. The predicted molar refractivity (Wildman–Crippen MR) is 210 cm³/mol. The van der Waals surface area contributed by atoms with Crippen molar-refractivity contribution in [3.63, 3.8) is 0 Å². The van der Waals surface area contributed by atoms with E-state index in [1.165, 1.54) is 11.1 Å². The summed E-state index contributed by atoms with van der Waals surface area (Å²) in [6.07, 6.45) is 0.700. The van der Waals surface area contributed by atoms with Crippen molar-refractivity contribution >= 4 is 181 Å². The van der Waals surface area contributed by atoms with Gasteiger partial charge in [-0.1, -0.05) is 153 Å². The highest BCUT2D eigenvalue weighted by atomic mass is 79.9. The topological polar surface area (TPSA) is 18.5 Å². The van der Waals surface area contributed by atoms with E-state index in [4.69, 9.17) is 9.47 Å². The lowest BCUT2D eigenvalue weighted by atomic mass is 9.94. The molecule has 0 saturated carbocycles. The molecular weight excluding hydrogens is 1180 g/mol. The molecule has 12 heteroatoms. The van der Waals surface area contributed by atoms with Crippen molar-refractivity contribution < 1.29 is 9.47 Å². The molecule has 0 amide bonds. The minimum Gasteiger partial charge on any atom is -0.491 e. The maximum Gasteiger partial charge on any atom is 0.142 e. The largest absolute Gasteiger partial charge is 0.491 e. The van der Waals surface area contributed by atoms with Crippen LogP contribution in [-0.4, -0.2) is 32.5 Å². The molecule has 4 aromatic rings. The molecule has 0 saturated heterocycles. The zero-order valence-electron chi connectivity index (χ0n) is 21.5. The fourth-order valence-electron chi connectivity index (χ4n) is 4.34. The summed E-state index contributed by atoms with van der Waals surface area (Å²) in [5, 5.41) is 4.24. The molecule has 4 aromatic carbocycles. The number of halogens is 10. The molecule has 0 spiro atoms. The van der Waals surface area contributed by atoms with E-state index < -0.39 is 0 Å². The average molecular weight is 1200 g/mol. The van der Waals surface area contributed by atoms with Crippen molar-refractivity contribution in [2.45, 2.75) is 39.6 Å². The van der Waals surface area contributed by atoms with Crippen LogP contribution >= 0.6 is 159 Å². The summed E-state index contributed by atoms with van der Waals surface area (Å²) in [5.74, 6) is 1.61. The Balaban J connectivity index is 1.86. The van der Waals surface area contributed by atoms with Crippen LogP contribution in [0, 0.1) is 0 Å². The summed E-state index contributed by atoms with van der Waals surface area (Å²) in [6.45, 7) is 5.23. The number of rotatable bonds is 10. The maximum absolute atomic E-state index is 6.39. The molecule has 0 fully saturated rings. The van der Waals surface area contributed by atoms with Crippen LogP contribution in [-0.2, 0) is 6.42 Å². The highest BCUT2D eigenvalue weighted by Crippen LogP contribution is 2.47. The van der Waals surface area contributed by atoms with Gasteiger partial charge >= 0.3 is 0 Å². The van der Waals surface area contributed by atoms with Crippen LogP contribution in [0.2, 0.25) is 0 Å². The summed E-state index contributed by atoms with van der Waals surface area (Å²) in [5.41, 5.74) is 2.34. The van der Waals surface area contributed by atoms with Gasteiger partial charge in [-0.3, -0.25) is 0 Å². The molecular formula is C29H22Br10O2. The summed E-state index contributed by atoms with van der Waals surface area (Å²) < 4.78 is 18.5. The summed E-state index contributed by atoms with van der Waals surface area (Å²) in [6, 6.07) is 12.7. The Morgan fingerprint density at radius 3 is 1.22 bits per heavy atom. The Labute approximate surface area is 324 Å². The Morgan fingerprint density at radius 2 is 0.878 bits per heavy atom. The molecule has 0 bridgehead atoms. The second-order valence-corrected chi connectivity index (χ2v) is 19.8. The molecule has 2 nitrogen and oxygen atoms in total. The fraction of sp³-hybridized carbons (Fsp3) is 0.310. The summed E-state index contributed by atoms with van der Waals surface area (Å²) in [4.78, 5) is 0.858. The number of alkyl halides is 4. The lowest BCUT2D eigenvalue weighted by Gasteiger charge is -2.21. The molecule has 4 rings (SSSR count). The van der Waals surface area contributed by atoms with Crippen molar-refractivity contribution in [3.05, 3.63) is 74.4 Å². The molecule has 0 heterocycles. The lowest BCUT2D eigenvalue weighted by molar-refractivity contribution is 0.320. The van der Waals surface area contributed by atoms with Crippen LogP contribution < -0.4 is 9.47 Å². The van der Waals surface area contributed by atoms with Gasteiger partial charge in [0.2, 0.25) is 0 Å². The van der Waals surface area contributed by atoms with Gasteiger partial charge in [-0.05, 0) is 73.7 Å². The van der Waals surface area contributed by atoms with Gasteiger partial charge in [0, 0.05) is 49.1 Å². The zero-order chi connectivity index (χ0) is 30.2. The van der Waals surface area contributed by atoms with Gasteiger partial charge in [0.1, 0.15) is 24.7 Å². The second-order valence-electron chi connectivity index (χ2n) is 9.44. The fourth-order valence-corrected chi connectivity index (χ4v) is 8.99. The van der Waals surface area contributed by atoms with Crippen LogP contribution in [0.25, 0.3) is 21.5 Å².